The molecule has 0 bridgehead atoms. The van der Waals surface area contributed by atoms with Gasteiger partial charge in [-0.05, 0) is 34.1 Å². The average Bonchev–Trinajstić information content (AvgIpc) is 2.03. The molecule has 0 saturated heterocycles. The van der Waals surface area contributed by atoms with Crippen LogP contribution < -0.4 is 5.32 Å². The lowest BCUT2D eigenvalue weighted by Crippen LogP contribution is -2.21. The molecule has 0 saturated carbocycles. The van der Waals surface area contributed by atoms with Crippen LogP contribution in [-0.4, -0.2) is 45.4 Å². The maximum Gasteiger partial charge on any atom is 0.133 e. The topological polar surface area (TPSA) is 32.3 Å². The van der Waals surface area contributed by atoms with Crippen LogP contribution in [0.4, 0.5) is 0 Å². The minimum absolute atomic E-state index is 0.569. The second kappa shape index (κ2) is 13.2. The Balaban J connectivity index is 0. The number of carbonyl (C=O) groups excluding carboxylic acids is 1. The number of nitrogens with one attached hydrogen (secondary N) is 1. The summed E-state index contributed by atoms with van der Waals surface area (Å²) in [6.45, 7) is 3.75. The summed E-state index contributed by atoms with van der Waals surface area (Å²) in [4.78, 5) is 12.0. The molecule has 0 spiro atoms. The summed E-state index contributed by atoms with van der Waals surface area (Å²) in [6, 6.07) is 0. The predicted molar refractivity (Wildman–Crippen MR) is 53.5 cm³/mol. The van der Waals surface area contributed by atoms with E-state index in [1.165, 1.54) is 12.8 Å². The standard InChI is InChI=1S/C7H15NO.C2H7N/c1-3-4-5-8(2)6-7-9;1-3-2/h7H,3-6H2,1-2H3;3H,1-2H3. The van der Waals surface area contributed by atoms with Gasteiger partial charge in [-0.25, -0.2) is 0 Å². The first-order chi connectivity index (χ1) is 5.72. The number of carbonyl (C=O) groups is 1. The Morgan fingerprint density at radius 2 is 1.92 bits per heavy atom. The van der Waals surface area contributed by atoms with Crippen LogP contribution >= 0.6 is 0 Å². The van der Waals surface area contributed by atoms with E-state index >= 15 is 0 Å². The number of hydrogen-bond donors (Lipinski definition) is 1. The summed E-state index contributed by atoms with van der Waals surface area (Å²) in [6.07, 6.45) is 3.32. The average molecular weight is 174 g/mol. The maximum atomic E-state index is 9.94. The molecule has 0 heterocycles. The van der Waals surface area contributed by atoms with Gasteiger partial charge in [0.15, 0.2) is 0 Å². The highest BCUT2D eigenvalue weighted by atomic mass is 16.1. The lowest BCUT2D eigenvalue weighted by atomic mass is 10.3. The molecule has 0 radical (unpaired) electrons. The van der Waals surface area contributed by atoms with Crippen molar-refractivity contribution in [3.63, 3.8) is 0 Å². The largest absolute Gasteiger partial charge is 0.323 e. The van der Waals surface area contributed by atoms with E-state index in [0.717, 1.165) is 12.8 Å². The molecule has 0 aromatic rings. The second-order valence-corrected chi connectivity index (χ2v) is 2.78. The maximum absolute atomic E-state index is 9.94. The van der Waals surface area contributed by atoms with Gasteiger partial charge in [0.1, 0.15) is 6.29 Å². The first-order valence-electron chi connectivity index (χ1n) is 4.43. The van der Waals surface area contributed by atoms with Crippen LogP contribution in [-0.2, 0) is 4.79 Å². The van der Waals surface area contributed by atoms with Gasteiger partial charge in [0.2, 0.25) is 0 Å². The van der Waals surface area contributed by atoms with Crippen LogP contribution in [0.2, 0.25) is 0 Å². The lowest BCUT2D eigenvalue weighted by molar-refractivity contribution is -0.108. The molecule has 0 fully saturated rings. The van der Waals surface area contributed by atoms with E-state index in [-0.39, 0.29) is 0 Å². The van der Waals surface area contributed by atoms with Crippen molar-refractivity contribution in [3.8, 4) is 0 Å². The molecule has 0 aromatic carbocycles. The Hall–Kier alpha value is -0.410. The number of nitrogens with zero attached hydrogens (tertiary/aromatic N) is 1. The van der Waals surface area contributed by atoms with E-state index in [9.17, 15) is 4.79 Å². The van der Waals surface area contributed by atoms with Gasteiger partial charge in [0, 0.05) is 0 Å². The summed E-state index contributed by atoms with van der Waals surface area (Å²) >= 11 is 0. The molecular formula is C9H22N2O. The molecule has 0 atom stereocenters. The van der Waals surface area contributed by atoms with Crippen molar-refractivity contribution in [2.24, 2.45) is 0 Å². The first-order valence-corrected chi connectivity index (χ1v) is 4.43. The molecule has 74 valence electrons. The second-order valence-electron chi connectivity index (χ2n) is 2.78. The highest BCUT2D eigenvalue weighted by Crippen LogP contribution is 1.88. The predicted octanol–water partition coefficient (Wildman–Crippen LogP) is 0.753. The van der Waals surface area contributed by atoms with Gasteiger partial charge >= 0.3 is 0 Å². The quantitative estimate of drug-likeness (QED) is 0.624. The Morgan fingerprint density at radius 3 is 2.25 bits per heavy atom. The van der Waals surface area contributed by atoms with Crippen LogP contribution in [0.3, 0.4) is 0 Å². The Bertz CT molecular complexity index is 86.6. The van der Waals surface area contributed by atoms with Gasteiger partial charge in [-0.2, -0.15) is 0 Å². The van der Waals surface area contributed by atoms with E-state index in [1.807, 2.05) is 26.0 Å². The molecule has 0 unspecified atom stereocenters. The normalized spacial score (nSPS) is 9.08. The van der Waals surface area contributed by atoms with Crippen LogP contribution in [0, 0.1) is 0 Å². The molecule has 0 aliphatic carbocycles. The van der Waals surface area contributed by atoms with Gasteiger partial charge in [-0.1, -0.05) is 13.3 Å². The highest BCUT2D eigenvalue weighted by Gasteiger charge is 1.92. The van der Waals surface area contributed by atoms with Crippen molar-refractivity contribution < 1.29 is 4.79 Å². The van der Waals surface area contributed by atoms with Crippen LogP contribution in [0.15, 0.2) is 0 Å². The molecule has 3 nitrogen and oxygen atoms in total. The first kappa shape index (κ1) is 14.1. The Morgan fingerprint density at radius 1 is 1.42 bits per heavy atom. The minimum Gasteiger partial charge on any atom is -0.323 e. The molecule has 3 heteroatoms. The summed E-state index contributed by atoms with van der Waals surface area (Å²) in [7, 11) is 5.71. The smallest absolute Gasteiger partial charge is 0.133 e. The fraction of sp³-hybridized carbons (Fsp3) is 0.889. The van der Waals surface area contributed by atoms with Crippen LogP contribution in [0.5, 0.6) is 0 Å². The van der Waals surface area contributed by atoms with Crippen molar-refractivity contribution in [1.82, 2.24) is 10.2 Å². The molecule has 0 aliphatic heterocycles. The molecule has 0 rings (SSSR count). The van der Waals surface area contributed by atoms with E-state index in [2.05, 4.69) is 12.2 Å². The number of unbranched alkanes of at least 4 members (excludes halogenated alkanes) is 1. The zero-order valence-corrected chi connectivity index (χ0v) is 8.76. The third-order valence-corrected chi connectivity index (χ3v) is 1.28. The zero-order chi connectivity index (χ0) is 9.82. The summed E-state index contributed by atoms with van der Waals surface area (Å²) in [5.41, 5.74) is 0. The molecular weight excluding hydrogens is 152 g/mol. The van der Waals surface area contributed by atoms with Crippen molar-refractivity contribution in [2.75, 3.05) is 34.2 Å². The van der Waals surface area contributed by atoms with Crippen molar-refractivity contribution >= 4 is 6.29 Å². The summed E-state index contributed by atoms with van der Waals surface area (Å²) in [5, 5.41) is 2.75. The van der Waals surface area contributed by atoms with Gasteiger partial charge in [-0.15, -0.1) is 0 Å². The van der Waals surface area contributed by atoms with Gasteiger partial charge in [0.25, 0.3) is 0 Å². The third kappa shape index (κ3) is 16.3. The number of rotatable bonds is 5. The fourth-order valence-corrected chi connectivity index (χ4v) is 0.647. The van der Waals surface area contributed by atoms with Crippen LogP contribution in [0.25, 0.3) is 0 Å². The van der Waals surface area contributed by atoms with E-state index < -0.39 is 0 Å². The Labute approximate surface area is 76.1 Å². The number of likely N-dealkylation sites (N-methyl/N-ethyl adjacent to an activating group) is 1. The number of aldehydes is 1. The van der Waals surface area contributed by atoms with Gasteiger partial charge < -0.3 is 10.1 Å². The zero-order valence-electron chi connectivity index (χ0n) is 8.76. The van der Waals surface area contributed by atoms with Crippen molar-refractivity contribution in [2.45, 2.75) is 19.8 Å². The molecule has 1 N–H and O–H groups in total. The van der Waals surface area contributed by atoms with Gasteiger partial charge in [-0.3, -0.25) is 4.90 Å². The van der Waals surface area contributed by atoms with Crippen molar-refractivity contribution in [1.29, 1.82) is 0 Å². The minimum atomic E-state index is 0.569. The molecule has 0 aromatic heterocycles. The molecule has 0 amide bonds. The SMILES string of the molecule is CCCCN(C)CC=O.CNC. The summed E-state index contributed by atoms with van der Waals surface area (Å²) < 4.78 is 0. The third-order valence-electron chi connectivity index (χ3n) is 1.28. The molecule has 12 heavy (non-hydrogen) atoms. The van der Waals surface area contributed by atoms with Gasteiger partial charge in [0.05, 0.1) is 6.54 Å². The fourth-order valence-electron chi connectivity index (χ4n) is 0.647. The summed E-state index contributed by atoms with van der Waals surface area (Å²) in [5.74, 6) is 0. The van der Waals surface area contributed by atoms with Crippen LogP contribution in [0.1, 0.15) is 19.8 Å². The van der Waals surface area contributed by atoms with Crippen molar-refractivity contribution in [3.05, 3.63) is 0 Å². The Kier molecular flexibility index (Phi) is 15.5. The highest BCUT2D eigenvalue weighted by molar-refractivity contribution is 5.51. The van der Waals surface area contributed by atoms with E-state index in [1.54, 1.807) is 0 Å². The molecule has 0 aliphatic rings. The monoisotopic (exact) mass is 174 g/mol. The van der Waals surface area contributed by atoms with E-state index in [0.29, 0.717) is 6.54 Å². The van der Waals surface area contributed by atoms with E-state index in [4.69, 9.17) is 0 Å². The lowest BCUT2D eigenvalue weighted by Gasteiger charge is -2.10. The number of hydrogen-bond acceptors (Lipinski definition) is 3.